The third-order valence-corrected chi connectivity index (χ3v) is 12.9. The Morgan fingerprint density at radius 3 is 2.66 bits per heavy atom. The van der Waals surface area contributed by atoms with Crippen LogP contribution in [0, 0.1) is 5.92 Å². The lowest BCUT2D eigenvalue weighted by atomic mass is 9.97. The van der Waals surface area contributed by atoms with Crippen molar-refractivity contribution in [2.75, 3.05) is 37.0 Å². The molecule has 1 aliphatic rings. The van der Waals surface area contributed by atoms with Crippen molar-refractivity contribution in [1.82, 2.24) is 19.7 Å². The molecule has 1 N–H and O–H groups in total. The normalized spacial score (nSPS) is 15.0. The van der Waals surface area contributed by atoms with Gasteiger partial charge in [-0.05, 0) is 55.1 Å². The molecule has 1 fully saturated rings. The number of amides is 1. The van der Waals surface area contributed by atoms with E-state index in [9.17, 15) is 4.79 Å². The number of hydrogen-bond acceptors (Lipinski definition) is 8. The maximum absolute atomic E-state index is 13.3. The van der Waals surface area contributed by atoms with Crippen LogP contribution >= 0.6 is 0 Å². The molecule has 0 atom stereocenters. The van der Waals surface area contributed by atoms with Crippen LogP contribution in [-0.4, -0.2) is 60.8 Å². The van der Waals surface area contributed by atoms with Crippen molar-refractivity contribution in [1.29, 1.82) is 0 Å². The monoisotopic (exact) mass is 576 g/mol. The van der Waals surface area contributed by atoms with E-state index >= 15 is 0 Å². The van der Waals surface area contributed by atoms with Gasteiger partial charge in [0.2, 0.25) is 11.8 Å². The number of nitrogens with one attached hydrogen (secondary N) is 1. The Hall–Kier alpha value is -3.70. The highest BCUT2D eigenvalue weighted by Gasteiger charge is 2.38. The van der Waals surface area contributed by atoms with Gasteiger partial charge in [0.05, 0.1) is 24.0 Å². The molecular weight excluding hydrogens is 536 g/mol. The highest BCUT2D eigenvalue weighted by molar-refractivity contribution is 6.74. The fourth-order valence-corrected chi connectivity index (χ4v) is 5.87. The van der Waals surface area contributed by atoms with Crippen molar-refractivity contribution >= 4 is 36.5 Å². The average Bonchev–Trinajstić information content (AvgIpc) is 3.57. The van der Waals surface area contributed by atoms with Crippen molar-refractivity contribution in [3.63, 3.8) is 0 Å². The number of carbonyl (C=O) groups excluding carboxylic acids is 1. The first-order valence-corrected chi connectivity index (χ1v) is 17.0. The molecule has 1 aliphatic heterocycles. The number of carbonyl (C=O) groups is 1. The van der Waals surface area contributed by atoms with Gasteiger partial charge in [-0.15, -0.1) is 0 Å². The van der Waals surface area contributed by atoms with Crippen LogP contribution in [0.4, 0.5) is 11.4 Å². The molecule has 0 radical (unpaired) electrons. The zero-order chi connectivity index (χ0) is 29.4. The number of ether oxygens (including phenoxy) is 1. The fraction of sp³-hybridized carbons (Fsp3) is 0.467. The first-order chi connectivity index (χ1) is 19.4. The summed E-state index contributed by atoms with van der Waals surface area (Å²) in [5, 5.41) is 8.86. The number of fused-ring (bicyclic) bond motifs is 1. The van der Waals surface area contributed by atoms with E-state index in [1.165, 1.54) is 6.26 Å². The van der Waals surface area contributed by atoms with Crippen LogP contribution in [0.1, 0.15) is 44.1 Å². The Balaban J connectivity index is 1.32. The zero-order valence-electron chi connectivity index (χ0n) is 25.0. The Kier molecular flexibility index (Phi) is 7.93. The van der Waals surface area contributed by atoms with Gasteiger partial charge in [-0.2, -0.15) is 5.10 Å². The van der Waals surface area contributed by atoms with Crippen LogP contribution in [0.25, 0.3) is 22.4 Å². The second-order valence-corrected chi connectivity index (χ2v) is 17.1. The molecular formula is C30H40N6O4Si. The number of methoxy groups -OCH3 is 1. The number of aromatic nitrogens is 4. The number of hydrogen-bond donors (Lipinski definition) is 1. The Labute approximate surface area is 242 Å². The van der Waals surface area contributed by atoms with E-state index in [4.69, 9.17) is 13.6 Å². The Bertz CT molecular complexity index is 1530. The first kappa shape index (κ1) is 28.8. The summed E-state index contributed by atoms with van der Waals surface area (Å²) in [7, 11) is 1.67. The van der Waals surface area contributed by atoms with Crippen molar-refractivity contribution in [2.45, 2.75) is 51.7 Å². The number of aryl methyl sites for hydroxylation is 1. The van der Waals surface area contributed by atoms with E-state index in [1.807, 2.05) is 19.3 Å². The minimum atomic E-state index is -1.78. The summed E-state index contributed by atoms with van der Waals surface area (Å²) in [4.78, 5) is 24.2. The number of anilines is 2. The number of nitrogens with zero attached hydrogens (tertiary/aromatic N) is 5. The zero-order valence-corrected chi connectivity index (χ0v) is 26.0. The third kappa shape index (κ3) is 6.30. The molecule has 0 spiro atoms. The van der Waals surface area contributed by atoms with Crippen LogP contribution in [0.3, 0.4) is 0 Å². The number of pyridine rings is 1. The van der Waals surface area contributed by atoms with E-state index in [1.54, 1.807) is 30.1 Å². The molecule has 4 heterocycles. The lowest BCUT2D eigenvalue weighted by Crippen LogP contribution is -2.43. The molecule has 4 aromatic rings. The minimum Gasteiger partial charge on any atom is -0.481 e. The summed E-state index contributed by atoms with van der Waals surface area (Å²) >= 11 is 0. The lowest BCUT2D eigenvalue weighted by Gasteiger charge is -2.39. The van der Waals surface area contributed by atoms with Crippen LogP contribution in [0.5, 0.6) is 5.88 Å². The average molecular weight is 577 g/mol. The smallest absolute Gasteiger partial charge is 0.277 e. The second-order valence-electron chi connectivity index (χ2n) is 12.3. The molecule has 1 aromatic carbocycles. The van der Waals surface area contributed by atoms with E-state index in [2.05, 4.69) is 65.2 Å². The van der Waals surface area contributed by atoms with E-state index in [-0.39, 0.29) is 16.6 Å². The highest BCUT2D eigenvalue weighted by Crippen LogP contribution is 2.38. The summed E-state index contributed by atoms with van der Waals surface area (Å²) in [6, 6.07) is 7.51. The van der Waals surface area contributed by atoms with Gasteiger partial charge in [0.25, 0.3) is 5.91 Å². The van der Waals surface area contributed by atoms with Crippen LogP contribution in [0.2, 0.25) is 18.1 Å². The van der Waals surface area contributed by atoms with Crippen molar-refractivity contribution in [2.24, 2.45) is 13.0 Å². The molecule has 218 valence electrons. The van der Waals surface area contributed by atoms with Gasteiger partial charge in [0, 0.05) is 56.2 Å². The highest BCUT2D eigenvalue weighted by atomic mass is 28.4. The molecule has 10 nitrogen and oxygen atoms in total. The van der Waals surface area contributed by atoms with Crippen LogP contribution in [0.15, 0.2) is 47.3 Å². The van der Waals surface area contributed by atoms with Gasteiger partial charge < -0.3 is 23.8 Å². The SMILES string of the molecule is COc1cc(-c2nc(C(=O)Nc3cc4cn(C)nc4cc3N3CCC(CO[Si](C)(C)C(C)(C)C)CC3)co2)ccn1. The molecule has 5 rings (SSSR count). The summed E-state index contributed by atoms with van der Waals surface area (Å²) in [6.07, 6.45) is 6.99. The molecule has 0 aliphatic carbocycles. The molecule has 1 saturated heterocycles. The third-order valence-electron chi connectivity index (χ3n) is 8.35. The molecule has 41 heavy (non-hydrogen) atoms. The molecule has 1 amide bonds. The first-order valence-electron chi connectivity index (χ1n) is 14.1. The van der Waals surface area contributed by atoms with Gasteiger partial charge in [-0.25, -0.2) is 9.97 Å². The predicted octanol–water partition coefficient (Wildman–Crippen LogP) is 6.12. The van der Waals surface area contributed by atoms with Gasteiger partial charge in [0.1, 0.15) is 6.26 Å². The van der Waals surface area contributed by atoms with Crippen LogP contribution in [-0.2, 0) is 11.5 Å². The second kappa shape index (κ2) is 11.3. The predicted molar refractivity (Wildman–Crippen MR) is 163 cm³/mol. The van der Waals surface area contributed by atoms with Gasteiger partial charge in [-0.3, -0.25) is 9.48 Å². The van der Waals surface area contributed by atoms with E-state index < -0.39 is 8.32 Å². The van der Waals surface area contributed by atoms with Gasteiger partial charge in [0.15, 0.2) is 14.0 Å². The Morgan fingerprint density at radius 1 is 1.20 bits per heavy atom. The van der Waals surface area contributed by atoms with Gasteiger partial charge in [-0.1, -0.05) is 20.8 Å². The molecule has 0 unspecified atom stereocenters. The summed E-state index contributed by atoms with van der Waals surface area (Å²) in [6.45, 7) is 14.0. The van der Waals surface area contributed by atoms with E-state index in [0.29, 0.717) is 23.3 Å². The minimum absolute atomic E-state index is 0.189. The molecule has 3 aromatic heterocycles. The molecule has 0 saturated carbocycles. The van der Waals surface area contributed by atoms with E-state index in [0.717, 1.165) is 54.8 Å². The quantitative estimate of drug-likeness (QED) is 0.250. The molecule has 11 heteroatoms. The summed E-state index contributed by atoms with van der Waals surface area (Å²) < 4.78 is 19.1. The maximum atomic E-state index is 13.3. The summed E-state index contributed by atoms with van der Waals surface area (Å²) in [5.74, 6) is 0.942. The van der Waals surface area contributed by atoms with Crippen molar-refractivity contribution in [3.8, 4) is 17.3 Å². The number of oxazole rings is 1. The van der Waals surface area contributed by atoms with Crippen molar-refractivity contribution in [3.05, 3.63) is 48.6 Å². The standard InChI is InChI=1S/C30H40N6O4Si/c1-30(2,3)41(6,7)40-18-20-9-12-36(13-10-20)26-16-23-22(17-35(4)34-23)14-24(26)32-28(37)25-19-39-29(33-25)21-8-11-31-27(15-21)38-5/h8,11,14-17,19-20H,9-10,12-13,18H2,1-7H3,(H,32,37). The molecule has 0 bridgehead atoms. The lowest BCUT2D eigenvalue weighted by molar-refractivity contribution is 0.102. The Morgan fingerprint density at radius 2 is 1.95 bits per heavy atom. The van der Waals surface area contributed by atoms with Gasteiger partial charge >= 0.3 is 0 Å². The van der Waals surface area contributed by atoms with Crippen molar-refractivity contribution < 1.29 is 18.4 Å². The fourth-order valence-electron chi connectivity index (χ4n) is 4.78. The largest absolute Gasteiger partial charge is 0.481 e. The maximum Gasteiger partial charge on any atom is 0.277 e. The number of piperidine rings is 1. The summed E-state index contributed by atoms with van der Waals surface area (Å²) in [5.41, 5.74) is 3.43. The number of rotatable bonds is 8. The number of benzene rings is 1. The van der Waals surface area contributed by atoms with Crippen LogP contribution < -0.4 is 15.0 Å². The topological polar surface area (TPSA) is 108 Å².